The van der Waals surface area contributed by atoms with Gasteiger partial charge in [0.1, 0.15) is 0 Å². The summed E-state index contributed by atoms with van der Waals surface area (Å²) in [6, 6.07) is 7.23. The van der Waals surface area contributed by atoms with Crippen LogP contribution in [0.25, 0.3) is 0 Å². The molecule has 7 heteroatoms. The molecule has 1 aliphatic heterocycles. The van der Waals surface area contributed by atoms with Crippen LogP contribution in [0.4, 0.5) is 5.69 Å². The normalized spacial score (nSPS) is 16.9. The maximum atomic E-state index is 11.8. The van der Waals surface area contributed by atoms with Crippen molar-refractivity contribution >= 4 is 35.8 Å². The number of likely N-dealkylation sites (tertiary alicyclic amines) is 1. The van der Waals surface area contributed by atoms with E-state index in [-0.39, 0.29) is 30.1 Å². The molecule has 1 aromatic rings. The van der Waals surface area contributed by atoms with Gasteiger partial charge >= 0.3 is 0 Å². The van der Waals surface area contributed by atoms with Gasteiger partial charge in [-0.3, -0.25) is 19.3 Å². The predicted molar refractivity (Wildman–Crippen MR) is 92.7 cm³/mol. The Bertz CT molecular complexity index is 598. The van der Waals surface area contributed by atoms with Gasteiger partial charge in [-0.1, -0.05) is 12.1 Å². The molecule has 0 radical (unpaired) electrons. The van der Waals surface area contributed by atoms with Crippen LogP contribution < -0.4 is 10.6 Å². The summed E-state index contributed by atoms with van der Waals surface area (Å²) in [6.07, 6.45) is 3.14. The maximum absolute atomic E-state index is 11.8. The van der Waals surface area contributed by atoms with Crippen molar-refractivity contribution < 1.29 is 14.4 Å². The highest BCUT2D eigenvalue weighted by atomic mass is 35.5. The summed E-state index contributed by atoms with van der Waals surface area (Å²) in [5.41, 5.74) is 1.59. The number of hydrogen-bond donors (Lipinski definition) is 2. The van der Waals surface area contributed by atoms with E-state index >= 15 is 0 Å². The first-order chi connectivity index (χ1) is 11.1. The van der Waals surface area contributed by atoms with E-state index in [1.54, 1.807) is 12.1 Å². The fourth-order valence-corrected chi connectivity index (χ4v) is 2.59. The molecule has 0 bridgehead atoms. The lowest BCUT2D eigenvalue weighted by atomic mass is 10.2. The lowest BCUT2D eigenvalue weighted by molar-refractivity contribution is -0.139. The number of carbonyl (C=O) groups excluding carboxylic acids is 3. The number of rotatable bonds is 7. The second-order valence-corrected chi connectivity index (χ2v) is 6.19. The highest BCUT2D eigenvalue weighted by molar-refractivity contribution is 6.01. The highest BCUT2D eigenvalue weighted by Gasteiger charge is 2.28. The number of amides is 3. The third-order valence-electron chi connectivity index (χ3n) is 4.15. The molecule has 1 aromatic carbocycles. The summed E-state index contributed by atoms with van der Waals surface area (Å²) in [5.74, 6) is 0.449. The van der Waals surface area contributed by atoms with Crippen LogP contribution in [0.15, 0.2) is 24.3 Å². The van der Waals surface area contributed by atoms with Crippen molar-refractivity contribution in [2.75, 3.05) is 18.4 Å². The molecule has 2 fully saturated rings. The number of nitrogens with one attached hydrogen (secondary N) is 2. The second kappa shape index (κ2) is 8.26. The van der Waals surface area contributed by atoms with Crippen LogP contribution in [0, 0.1) is 5.92 Å². The van der Waals surface area contributed by atoms with Gasteiger partial charge in [0.2, 0.25) is 17.7 Å². The van der Waals surface area contributed by atoms with Crippen molar-refractivity contribution in [3.8, 4) is 0 Å². The Balaban J connectivity index is 0.00000208. The van der Waals surface area contributed by atoms with Crippen LogP contribution in [0.5, 0.6) is 0 Å². The van der Waals surface area contributed by atoms with Crippen LogP contribution in [0.2, 0.25) is 0 Å². The summed E-state index contributed by atoms with van der Waals surface area (Å²) in [7, 11) is 0. The van der Waals surface area contributed by atoms with Crippen molar-refractivity contribution in [2.45, 2.75) is 32.2 Å². The molecule has 1 aliphatic carbocycles. The third-order valence-corrected chi connectivity index (χ3v) is 4.15. The zero-order valence-electron chi connectivity index (χ0n) is 13.4. The van der Waals surface area contributed by atoms with Gasteiger partial charge in [-0.05, 0) is 43.0 Å². The van der Waals surface area contributed by atoms with E-state index in [0.717, 1.165) is 18.0 Å². The lowest BCUT2D eigenvalue weighted by Crippen LogP contribution is -2.29. The van der Waals surface area contributed by atoms with Crippen LogP contribution in [-0.4, -0.2) is 35.7 Å². The van der Waals surface area contributed by atoms with E-state index < -0.39 is 0 Å². The molecule has 0 spiro atoms. The number of imide groups is 1. The second-order valence-electron chi connectivity index (χ2n) is 6.19. The molecule has 0 unspecified atom stereocenters. The van der Waals surface area contributed by atoms with E-state index in [9.17, 15) is 14.4 Å². The topological polar surface area (TPSA) is 78.5 Å². The van der Waals surface area contributed by atoms with E-state index in [1.165, 1.54) is 17.7 Å². The van der Waals surface area contributed by atoms with Crippen molar-refractivity contribution in [3.05, 3.63) is 29.8 Å². The molecule has 0 atom stereocenters. The number of anilines is 1. The zero-order chi connectivity index (χ0) is 16.2. The van der Waals surface area contributed by atoms with Gasteiger partial charge < -0.3 is 10.6 Å². The largest absolute Gasteiger partial charge is 0.325 e. The molecule has 130 valence electrons. The molecule has 3 amide bonds. The molecule has 1 saturated carbocycles. The fourth-order valence-electron chi connectivity index (χ4n) is 2.59. The predicted octanol–water partition coefficient (Wildman–Crippen LogP) is 1.70. The van der Waals surface area contributed by atoms with Gasteiger partial charge in [0.15, 0.2) is 0 Å². The Morgan fingerprint density at radius 2 is 1.71 bits per heavy atom. The van der Waals surface area contributed by atoms with Gasteiger partial charge in [-0.25, -0.2) is 0 Å². The average Bonchev–Trinajstić information content (AvgIpc) is 3.30. The Morgan fingerprint density at radius 3 is 2.29 bits per heavy atom. The molecule has 24 heavy (non-hydrogen) atoms. The van der Waals surface area contributed by atoms with Crippen LogP contribution in [0.1, 0.15) is 31.2 Å². The number of nitrogens with zero attached hydrogens (tertiary/aromatic N) is 1. The molecule has 0 aromatic heterocycles. The van der Waals surface area contributed by atoms with E-state index in [4.69, 9.17) is 0 Å². The quantitative estimate of drug-likeness (QED) is 0.733. The van der Waals surface area contributed by atoms with Crippen LogP contribution in [0.3, 0.4) is 0 Å². The summed E-state index contributed by atoms with van der Waals surface area (Å²) < 4.78 is 0. The van der Waals surface area contributed by atoms with Gasteiger partial charge in [-0.2, -0.15) is 0 Å². The number of carbonyl (C=O) groups is 3. The summed E-state index contributed by atoms with van der Waals surface area (Å²) in [5, 5.41) is 5.97. The Hall–Kier alpha value is -1.92. The van der Waals surface area contributed by atoms with E-state index in [1.807, 2.05) is 12.1 Å². The molecule has 6 nitrogen and oxygen atoms in total. The van der Waals surface area contributed by atoms with Crippen molar-refractivity contribution in [1.82, 2.24) is 10.2 Å². The van der Waals surface area contributed by atoms with Crippen molar-refractivity contribution in [1.29, 1.82) is 0 Å². The smallest absolute Gasteiger partial charge is 0.238 e. The summed E-state index contributed by atoms with van der Waals surface area (Å²) >= 11 is 0. The van der Waals surface area contributed by atoms with Crippen LogP contribution in [-0.2, 0) is 20.9 Å². The number of halogens is 1. The van der Waals surface area contributed by atoms with E-state index in [0.29, 0.717) is 31.6 Å². The maximum Gasteiger partial charge on any atom is 0.238 e. The van der Waals surface area contributed by atoms with Gasteiger partial charge in [0.05, 0.1) is 13.1 Å². The summed E-state index contributed by atoms with van der Waals surface area (Å²) in [6.45, 7) is 1.52. The number of hydrogen-bond acceptors (Lipinski definition) is 4. The Kier molecular flexibility index (Phi) is 6.34. The lowest BCUT2D eigenvalue weighted by Gasteiger charge is -2.14. The van der Waals surface area contributed by atoms with E-state index in [2.05, 4.69) is 10.6 Å². The molecule has 2 aliphatic rings. The third kappa shape index (κ3) is 5.04. The van der Waals surface area contributed by atoms with Crippen molar-refractivity contribution in [2.24, 2.45) is 5.92 Å². The Labute approximate surface area is 147 Å². The number of benzene rings is 1. The zero-order valence-corrected chi connectivity index (χ0v) is 14.2. The average molecular weight is 352 g/mol. The van der Waals surface area contributed by atoms with Gasteiger partial charge in [0, 0.05) is 18.5 Å². The molecule has 2 N–H and O–H groups in total. The first-order valence-electron chi connectivity index (χ1n) is 8.04. The van der Waals surface area contributed by atoms with Crippen LogP contribution >= 0.6 is 12.4 Å². The first-order valence-corrected chi connectivity index (χ1v) is 8.04. The fraction of sp³-hybridized carbons (Fsp3) is 0.471. The van der Waals surface area contributed by atoms with Gasteiger partial charge in [-0.15, -0.1) is 12.4 Å². The molecule has 3 rings (SSSR count). The minimum absolute atomic E-state index is 0. The molecule has 1 saturated heterocycles. The monoisotopic (exact) mass is 351 g/mol. The Morgan fingerprint density at radius 1 is 1.08 bits per heavy atom. The minimum Gasteiger partial charge on any atom is -0.325 e. The summed E-state index contributed by atoms with van der Waals surface area (Å²) in [4.78, 5) is 36.3. The molecular formula is C17H22ClN3O3. The SMILES string of the molecule is Cl.O=C(CNCC1CC1)Nc1ccc(CN2C(=O)CCC2=O)cc1. The van der Waals surface area contributed by atoms with Gasteiger partial charge in [0.25, 0.3) is 0 Å². The molecule has 1 heterocycles. The minimum atomic E-state index is -0.117. The first kappa shape index (κ1) is 18.4. The molecular weight excluding hydrogens is 330 g/mol. The highest BCUT2D eigenvalue weighted by Crippen LogP contribution is 2.27. The van der Waals surface area contributed by atoms with Crippen molar-refractivity contribution in [3.63, 3.8) is 0 Å². The standard InChI is InChI=1S/C17H21N3O3.ClH/c21-15(10-18-9-12-1-2-12)19-14-5-3-13(4-6-14)11-20-16(22)7-8-17(20)23;/h3-6,12,18H,1-2,7-11H2,(H,19,21);1H.